The number of carboxylic acids is 1. The normalized spacial score (nSPS) is 10.2. The Morgan fingerprint density at radius 2 is 1.95 bits per heavy atom. The van der Waals surface area contributed by atoms with Crippen molar-refractivity contribution in [1.82, 2.24) is 0 Å². The summed E-state index contributed by atoms with van der Waals surface area (Å²) < 4.78 is 5.41. The summed E-state index contributed by atoms with van der Waals surface area (Å²) in [6.45, 7) is 0.148. The molecule has 2 aromatic carbocycles. The number of hydrogen-bond donors (Lipinski definition) is 2. The van der Waals surface area contributed by atoms with Gasteiger partial charge in [0, 0.05) is 0 Å². The van der Waals surface area contributed by atoms with Crippen LogP contribution in [0.3, 0.4) is 0 Å². The summed E-state index contributed by atoms with van der Waals surface area (Å²) in [5.74, 6) is -0.710. The second kappa shape index (κ2) is 5.63. The topological polar surface area (TPSA) is 66.8 Å². The SMILES string of the molecule is O=C(O)c1cc(COc2ccccc2O)ccc1Cl. The number of benzene rings is 2. The van der Waals surface area contributed by atoms with E-state index in [4.69, 9.17) is 21.4 Å². The molecule has 0 fully saturated rings. The number of para-hydroxylation sites is 2. The van der Waals surface area contributed by atoms with Crippen LogP contribution in [0.4, 0.5) is 0 Å². The van der Waals surface area contributed by atoms with Crippen LogP contribution in [0.5, 0.6) is 11.5 Å². The van der Waals surface area contributed by atoms with Gasteiger partial charge in [0.15, 0.2) is 11.5 Å². The van der Waals surface area contributed by atoms with Crippen molar-refractivity contribution in [3.63, 3.8) is 0 Å². The van der Waals surface area contributed by atoms with E-state index in [1.807, 2.05) is 0 Å². The van der Waals surface area contributed by atoms with Gasteiger partial charge in [0.25, 0.3) is 0 Å². The molecule has 19 heavy (non-hydrogen) atoms. The number of aromatic carboxylic acids is 1. The summed E-state index contributed by atoms with van der Waals surface area (Å²) >= 11 is 5.77. The van der Waals surface area contributed by atoms with Crippen molar-refractivity contribution >= 4 is 17.6 Å². The van der Waals surface area contributed by atoms with Crippen molar-refractivity contribution in [2.45, 2.75) is 6.61 Å². The third-order valence-corrected chi connectivity index (χ3v) is 2.85. The molecule has 0 spiro atoms. The van der Waals surface area contributed by atoms with Crippen molar-refractivity contribution in [2.75, 3.05) is 0 Å². The summed E-state index contributed by atoms with van der Waals surface area (Å²) in [6.07, 6.45) is 0. The third kappa shape index (κ3) is 3.17. The average molecular weight is 279 g/mol. The molecule has 2 rings (SSSR count). The first-order chi connectivity index (χ1) is 9.08. The monoisotopic (exact) mass is 278 g/mol. The fourth-order valence-electron chi connectivity index (χ4n) is 1.57. The summed E-state index contributed by atoms with van der Waals surface area (Å²) in [6, 6.07) is 11.2. The zero-order valence-electron chi connectivity index (χ0n) is 9.84. The Bertz CT molecular complexity index is 610. The lowest BCUT2D eigenvalue weighted by Crippen LogP contribution is -2.01. The Balaban J connectivity index is 2.14. The average Bonchev–Trinajstić information content (AvgIpc) is 2.39. The minimum absolute atomic E-state index is 0.0278. The van der Waals surface area contributed by atoms with Crippen molar-refractivity contribution in [1.29, 1.82) is 0 Å². The second-order valence-electron chi connectivity index (χ2n) is 3.88. The van der Waals surface area contributed by atoms with Gasteiger partial charge in [-0.2, -0.15) is 0 Å². The van der Waals surface area contributed by atoms with Crippen molar-refractivity contribution in [3.8, 4) is 11.5 Å². The van der Waals surface area contributed by atoms with E-state index < -0.39 is 5.97 Å². The van der Waals surface area contributed by atoms with E-state index in [2.05, 4.69) is 0 Å². The minimum Gasteiger partial charge on any atom is -0.504 e. The van der Waals surface area contributed by atoms with Crippen molar-refractivity contribution in [2.24, 2.45) is 0 Å². The van der Waals surface area contributed by atoms with Crippen LogP contribution >= 0.6 is 11.6 Å². The van der Waals surface area contributed by atoms with E-state index in [1.54, 1.807) is 24.3 Å². The molecule has 0 saturated carbocycles. The van der Waals surface area contributed by atoms with Gasteiger partial charge in [-0.3, -0.25) is 0 Å². The molecule has 98 valence electrons. The molecule has 0 aliphatic rings. The molecule has 4 nitrogen and oxygen atoms in total. The fourth-order valence-corrected chi connectivity index (χ4v) is 1.76. The number of hydrogen-bond acceptors (Lipinski definition) is 3. The highest BCUT2D eigenvalue weighted by Gasteiger charge is 2.10. The van der Waals surface area contributed by atoms with Crippen LogP contribution < -0.4 is 4.74 Å². The van der Waals surface area contributed by atoms with Crippen LogP contribution in [-0.4, -0.2) is 16.2 Å². The molecule has 2 aromatic rings. The highest BCUT2D eigenvalue weighted by molar-refractivity contribution is 6.33. The first-order valence-corrected chi connectivity index (χ1v) is 5.88. The Morgan fingerprint density at radius 3 is 2.63 bits per heavy atom. The largest absolute Gasteiger partial charge is 0.504 e. The Labute approximate surface area is 114 Å². The minimum atomic E-state index is -1.09. The highest BCUT2D eigenvalue weighted by atomic mass is 35.5. The zero-order valence-corrected chi connectivity index (χ0v) is 10.6. The third-order valence-electron chi connectivity index (χ3n) is 2.52. The molecule has 0 saturated heterocycles. The molecule has 0 aromatic heterocycles. The molecule has 0 bridgehead atoms. The van der Waals surface area contributed by atoms with Gasteiger partial charge in [-0.15, -0.1) is 0 Å². The van der Waals surface area contributed by atoms with Crippen LogP contribution in [0, 0.1) is 0 Å². The smallest absolute Gasteiger partial charge is 0.337 e. The molecular weight excluding hydrogens is 268 g/mol. The van der Waals surface area contributed by atoms with Gasteiger partial charge in [-0.25, -0.2) is 4.79 Å². The number of aromatic hydroxyl groups is 1. The number of ether oxygens (including phenoxy) is 1. The first kappa shape index (κ1) is 13.2. The number of rotatable bonds is 4. The standard InChI is InChI=1S/C14H11ClO4/c15-11-6-5-9(7-10(11)14(17)18)8-19-13-4-2-1-3-12(13)16/h1-7,16H,8H2,(H,17,18). The maximum Gasteiger partial charge on any atom is 0.337 e. The van der Waals surface area contributed by atoms with Crippen LogP contribution in [0.15, 0.2) is 42.5 Å². The lowest BCUT2D eigenvalue weighted by molar-refractivity contribution is 0.0697. The maximum atomic E-state index is 10.9. The Morgan fingerprint density at radius 1 is 1.21 bits per heavy atom. The van der Waals surface area contributed by atoms with Gasteiger partial charge >= 0.3 is 5.97 Å². The highest BCUT2D eigenvalue weighted by Crippen LogP contribution is 2.26. The van der Waals surface area contributed by atoms with Crippen molar-refractivity contribution < 1.29 is 19.7 Å². The van der Waals surface area contributed by atoms with E-state index in [9.17, 15) is 9.90 Å². The number of halogens is 1. The Kier molecular flexibility index (Phi) is 3.92. The summed E-state index contributed by atoms with van der Waals surface area (Å²) in [7, 11) is 0. The van der Waals surface area contributed by atoms with E-state index in [-0.39, 0.29) is 22.9 Å². The van der Waals surface area contributed by atoms with E-state index in [1.165, 1.54) is 18.2 Å². The molecular formula is C14H11ClO4. The van der Waals surface area contributed by atoms with E-state index in [0.717, 1.165) is 0 Å². The maximum absolute atomic E-state index is 10.9. The summed E-state index contributed by atoms with van der Waals surface area (Å²) in [5.41, 5.74) is 0.685. The predicted molar refractivity (Wildman–Crippen MR) is 70.9 cm³/mol. The zero-order chi connectivity index (χ0) is 13.8. The molecule has 2 N–H and O–H groups in total. The first-order valence-electron chi connectivity index (χ1n) is 5.50. The lowest BCUT2D eigenvalue weighted by atomic mass is 10.1. The van der Waals surface area contributed by atoms with Gasteiger partial charge in [-0.1, -0.05) is 29.8 Å². The summed E-state index contributed by atoms with van der Waals surface area (Å²) in [4.78, 5) is 10.9. The number of carbonyl (C=O) groups is 1. The van der Waals surface area contributed by atoms with Crippen molar-refractivity contribution in [3.05, 3.63) is 58.6 Å². The number of phenolic OH excluding ortho intramolecular Hbond substituents is 1. The van der Waals surface area contributed by atoms with Gasteiger partial charge in [0.1, 0.15) is 6.61 Å². The van der Waals surface area contributed by atoms with Crippen LogP contribution in [0.1, 0.15) is 15.9 Å². The summed E-state index contributed by atoms with van der Waals surface area (Å²) in [5, 5.41) is 18.7. The predicted octanol–water partition coefficient (Wildman–Crippen LogP) is 3.32. The Hall–Kier alpha value is -2.20. The second-order valence-corrected chi connectivity index (χ2v) is 4.28. The molecule has 0 radical (unpaired) electrons. The molecule has 5 heteroatoms. The molecule has 0 heterocycles. The van der Waals surface area contributed by atoms with Gasteiger partial charge in [0.2, 0.25) is 0 Å². The quantitative estimate of drug-likeness (QED) is 0.900. The van der Waals surface area contributed by atoms with Gasteiger partial charge in [0.05, 0.1) is 10.6 Å². The fraction of sp³-hybridized carbons (Fsp3) is 0.0714. The van der Waals surface area contributed by atoms with E-state index >= 15 is 0 Å². The van der Waals surface area contributed by atoms with Gasteiger partial charge < -0.3 is 14.9 Å². The van der Waals surface area contributed by atoms with Crippen LogP contribution in [0.25, 0.3) is 0 Å². The number of phenols is 1. The lowest BCUT2D eigenvalue weighted by Gasteiger charge is -2.08. The molecule has 0 unspecified atom stereocenters. The molecule has 0 amide bonds. The molecule has 0 atom stereocenters. The van der Waals surface area contributed by atoms with E-state index in [0.29, 0.717) is 11.3 Å². The number of carboxylic acid groups (broad SMARTS) is 1. The molecule has 0 aliphatic carbocycles. The van der Waals surface area contributed by atoms with Gasteiger partial charge in [-0.05, 0) is 29.8 Å². The van der Waals surface area contributed by atoms with Crippen LogP contribution in [-0.2, 0) is 6.61 Å². The molecule has 0 aliphatic heterocycles. The van der Waals surface area contributed by atoms with Crippen LogP contribution in [0.2, 0.25) is 5.02 Å².